The third-order valence-electron chi connectivity index (χ3n) is 1.53. The van der Waals surface area contributed by atoms with Crippen molar-refractivity contribution in [1.29, 1.82) is 0 Å². The van der Waals surface area contributed by atoms with Crippen molar-refractivity contribution in [1.82, 2.24) is 4.98 Å². The predicted molar refractivity (Wildman–Crippen MR) is 49.7 cm³/mol. The van der Waals surface area contributed by atoms with Crippen LogP contribution >= 0.6 is 0 Å². The summed E-state index contributed by atoms with van der Waals surface area (Å²) >= 11 is 0. The number of aryl methyl sites for hydroxylation is 1. The van der Waals surface area contributed by atoms with Gasteiger partial charge in [0.15, 0.2) is 0 Å². The molecule has 0 radical (unpaired) electrons. The number of nitrogens with zero attached hydrogens (tertiary/aromatic N) is 1. The van der Waals surface area contributed by atoms with Gasteiger partial charge in [-0.3, -0.25) is 9.78 Å². The van der Waals surface area contributed by atoms with Gasteiger partial charge in [-0.25, -0.2) is 0 Å². The van der Waals surface area contributed by atoms with E-state index in [0.29, 0.717) is 0 Å². The summed E-state index contributed by atoms with van der Waals surface area (Å²) in [5.41, 5.74) is 6.69. The fraction of sp³-hybridized carbons (Fsp3) is 0.200. The van der Waals surface area contributed by atoms with E-state index >= 15 is 0 Å². The molecule has 0 saturated heterocycles. The zero-order valence-corrected chi connectivity index (χ0v) is 7.37. The molecule has 0 spiro atoms. The second-order valence-corrected chi connectivity index (χ2v) is 2.55. The van der Waals surface area contributed by atoms with Crippen LogP contribution in [-0.4, -0.2) is 10.9 Å². The third kappa shape index (κ3) is 2.96. The van der Waals surface area contributed by atoms with Crippen molar-refractivity contribution in [2.24, 2.45) is 5.73 Å². The highest BCUT2D eigenvalue weighted by Gasteiger charge is 1.91. The summed E-state index contributed by atoms with van der Waals surface area (Å²) in [6.07, 6.45) is 4.28. The molecule has 0 unspecified atom stereocenters. The van der Waals surface area contributed by atoms with Crippen LogP contribution in [0.4, 0.5) is 0 Å². The van der Waals surface area contributed by atoms with Gasteiger partial charge in [0.1, 0.15) is 0 Å². The van der Waals surface area contributed by atoms with Crippen molar-refractivity contribution < 1.29 is 4.79 Å². The van der Waals surface area contributed by atoms with E-state index in [-0.39, 0.29) is 0 Å². The fourth-order valence-electron chi connectivity index (χ4n) is 0.883. The van der Waals surface area contributed by atoms with Gasteiger partial charge in [0, 0.05) is 23.9 Å². The molecule has 0 saturated carbocycles. The van der Waals surface area contributed by atoms with Gasteiger partial charge in [-0.2, -0.15) is 0 Å². The van der Waals surface area contributed by atoms with Crippen LogP contribution < -0.4 is 5.73 Å². The Balaban J connectivity index is 2.91. The minimum Gasteiger partial charge on any atom is -0.359 e. The highest BCUT2D eigenvalue weighted by atomic mass is 16.1. The van der Waals surface area contributed by atoms with Crippen LogP contribution in [0.3, 0.4) is 0 Å². The highest BCUT2D eigenvalue weighted by molar-refractivity contribution is 5.92. The number of amides is 1. The first-order valence-corrected chi connectivity index (χ1v) is 3.97. The number of hydrogen-bond donors (Lipinski definition) is 1. The van der Waals surface area contributed by atoms with Crippen molar-refractivity contribution in [3.05, 3.63) is 29.6 Å². The lowest BCUT2D eigenvalue weighted by molar-refractivity contribution is -0.112. The maximum atomic E-state index is 10.4. The fourth-order valence-corrected chi connectivity index (χ4v) is 0.883. The van der Waals surface area contributed by atoms with Crippen molar-refractivity contribution >= 4 is 5.91 Å². The van der Waals surface area contributed by atoms with Crippen LogP contribution in [0.1, 0.15) is 18.1 Å². The zero-order chi connectivity index (χ0) is 9.68. The van der Waals surface area contributed by atoms with Crippen LogP contribution in [0.25, 0.3) is 0 Å². The molecule has 1 heterocycles. The molecule has 66 valence electrons. The minimum atomic E-state index is -0.623. The molecule has 0 fully saturated rings. The Bertz CT molecular complexity index is 374. The van der Waals surface area contributed by atoms with Crippen LogP contribution in [0, 0.1) is 11.8 Å². The number of nitrogens with two attached hydrogens (primary N) is 1. The van der Waals surface area contributed by atoms with Crippen LogP contribution in [0.5, 0.6) is 0 Å². The molecular formula is C10H10N2O. The molecule has 0 aromatic carbocycles. The molecule has 3 nitrogen and oxygen atoms in total. The number of rotatable bonds is 1. The first-order valence-electron chi connectivity index (χ1n) is 3.97. The molecule has 1 aromatic heterocycles. The third-order valence-corrected chi connectivity index (χ3v) is 1.53. The van der Waals surface area contributed by atoms with E-state index in [9.17, 15) is 4.79 Å². The number of hydrogen-bond acceptors (Lipinski definition) is 2. The minimum absolute atomic E-state index is 0.623. The zero-order valence-electron chi connectivity index (χ0n) is 7.37. The Morgan fingerprint density at radius 2 is 2.38 bits per heavy atom. The molecule has 1 amide bonds. The molecule has 3 heteroatoms. The van der Waals surface area contributed by atoms with Gasteiger partial charge in [-0.1, -0.05) is 12.8 Å². The monoisotopic (exact) mass is 174 g/mol. The molecule has 2 N–H and O–H groups in total. The molecule has 13 heavy (non-hydrogen) atoms. The first-order chi connectivity index (χ1) is 6.22. The largest absolute Gasteiger partial charge is 0.359 e. The SMILES string of the molecule is CCc1cncc(C#CC(N)=O)c1. The molecule has 1 aromatic rings. The lowest BCUT2D eigenvalue weighted by Crippen LogP contribution is -2.06. The first kappa shape index (κ1) is 9.27. The predicted octanol–water partition coefficient (Wildman–Crippen LogP) is 0.481. The second kappa shape index (κ2) is 4.27. The number of carbonyl (C=O) groups excluding carboxylic acids is 1. The van der Waals surface area contributed by atoms with Crippen molar-refractivity contribution in [2.45, 2.75) is 13.3 Å². The Morgan fingerprint density at radius 3 is 3.00 bits per heavy atom. The summed E-state index contributed by atoms with van der Waals surface area (Å²) in [4.78, 5) is 14.3. The van der Waals surface area contributed by atoms with Crippen LogP contribution in [0.15, 0.2) is 18.5 Å². The normalized spacial score (nSPS) is 8.69. The standard InChI is InChI=1S/C10H10N2O/c1-2-8-5-9(7-12-6-8)3-4-10(11)13/h5-7H,2H2,1H3,(H2,11,13). The molecule has 0 aliphatic rings. The Hall–Kier alpha value is -1.82. The van der Waals surface area contributed by atoms with Crippen LogP contribution in [-0.2, 0) is 11.2 Å². The smallest absolute Gasteiger partial charge is 0.293 e. The number of primary amides is 1. The average Bonchev–Trinajstić information content (AvgIpc) is 2.15. The number of carbonyl (C=O) groups is 1. The summed E-state index contributed by atoms with van der Waals surface area (Å²) in [5, 5.41) is 0. The van der Waals surface area contributed by atoms with Gasteiger partial charge < -0.3 is 5.73 Å². The van der Waals surface area contributed by atoms with E-state index in [1.165, 1.54) is 0 Å². The number of pyridine rings is 1. The molecule has 0 aliphatic heterocycles. The van der Waals surface area contributed by atoms with E-state index in [1.807, 2.05) is 13.0 Å². The summed E-state index contributed by atoms with van der Waals surface area (Å²) in [5.74, 6) is 4.27. The van der Waals surface area contributed by atoms with Crippen molar-refractivity contribution in [2.75, 3.05) is 0 Å². The van der Waals surface area contributed by atoms with E-state index in [2.05, 4.69) is 16.8 Å². The van der Waals surface area contributed by atoms with Gasteiger partial charge in [0.05, 0.1) is 0 Å². The van der Waals surface area contributed by atoms with E-state index < -0.39 is 5.91 Å². The van der Waals surface area contributed by atoms with Gasteiger partial charge in [-0.15, -0.1) is 0 Å². The van der Waals surface area contributed by atoms with E-state index in [4.69, 9.17) is 5.73 Å². The molecule has 0 atom stereocenters. The average molecular weight is 174 g/mol. The lowest BCUT2D eigenvalue weighted by Gasteiger charge is -1.94. The maximum Gasteiger partial charge on any atom is 0.293 e. The van der Waals surface area contributed by atoms with E-state index in [0.717, 1.165) is 17.5 Å². The van der Waals surface area contributed by atoms with Gasteiger partial charge >= 0.3 is 0 Å². The Kier molecular flexibility index (Phi) is 3.04. The van der Waals surface area contributed by atoms with Gasteiger partial charge in [0.2, 0.25) is 0 Å². The van der Waals surface area contributed by atoms with Gasteiger partial charge in [-0.05, 0) is 18.1 Å². The lowest BCUT2D eigenvalue weighted by atomic mass is 10.2. The highest BCUT2D eigenvalue weighted by Crippen LogP contribution is 2.01. The van der Waals surface area contributed by atoms with Gasteiger partial charge in [0.25, 0.3) is 5.91 Å². The van der Waals surface area contributed by atoms with Crippen molar-refractivity contribution in [3.8, 4) is 11.8 Å². The topological polar surface area (TPSA) is 56.0 Å². The van der Waals surface area contributed by atoms with Crippen LogP contribution in [0.2, 0.25) is 0 Å². The quantitative estimate of drug-likeness (QED) is 0.629. The molecule has 0 aliphatic carbocycles. The number of aromatic nitrogens is 1. The summed E-state index contributed by atoms with van der Waals surface area (Å²) in [7, 11) is 0. The summed E-state index contributed by atoms with van der Waals surface area (Å²) in [6, 6.07) is 1.89. The molecular weight excluding hydrogens is 164 g/mol. The summed E-state index contributed by atoms with van der Waals surface area (Å²) < 4.78 is 0. The molecule has 0 bridgehead atoms. The molecule has 1 rings (SSSR count). The maximum absolute atomic E-state index is 10.4. The Morgan fingerprint density at radius 1 is 1.62 bits per heavy atom. The second-order valence-electron chi connectivity index (χ2n) is 2.55. The Labute approximate surface area is 77.0 Å². The van der Waals surface area contributed by atoms with Crippen molar-refractivity contribution in [3.63, 3.8) is 0 Å². The summed E-state index contributed by atoms with van der Waals surface area (Å²) in [6.45, 7) is 2.03. The van der Waals surface area contributed by atoms with E-state index in [1.54, 1.807) is 12.4 Å².